The second-order valence-electron chi connectivity index (χ2n) is 6.66. The largest absolute Gasteiger partial charge is 0.316 e. The first-order chi connectivity index (χ1) is 6.97. The van der Waals surface area contributed by atoms with E-state index in [0.717, 1.165) is 18.4 Å². The second kappa shape index (κ2) is 5.89. The third-order valence-corrected chi connectivity index (χ3v) is 3.43. The van der Waals surface area contributed by atoms with E-state index in [4.69, 9.17) is 0 Å². The molecule has 0 amide bonds. The summed E-state index contributed by atoms with van der Waals surface area (Å²) in [5.74, 6) is 1.98. The molecule has 1 heteroatoms. The fourth-order valence-corrected chi connectivity index (χ4v) is 2.59. The summed E-state index contributed by atoms with van der Waals surface area (Å²) >= 11 is 0. The van der Waals surface area contributed by atoms with Crippen molar-refractivity contribution in [3.63, 3.8) is 0 Å². The quantitative estimate of drug-likeness (QED) is 0.697. The number of nitrogens with one attached hydrogen (secondary N) is 1. The minimum atomic E-state index is 0.430. The van der Waals surface area contributed by atoms with Crippen LogP contribution in [0.5, 0.6) is 0 Å². The third kappa shape index (κ3) is 6.19. The highest BCUT2D eigenvalue weighted by Crippen LogP contribution is 2.30. The number of rotatable bonds is 4. The minimum absolute atomic E-state index is 0.430. The van der Waals surface area contributed by atoms with Gasteiger partial charge >= 0.3 is 0 Å². The van der Waals surface area contributed by atoms with Crippen LogP contribution in [0.1, 0.15) is 59.8 Å². The van der Waals surface area contributed by atoms with Gasteiger partial charge in [-0.3, -0.25) is 0 Å². The Labute approximate surface area is 96.0 Å². The molecule has 0 aromatic rings. The zero-order valence-electron chi connectivity index (χ0n) is 11.1. The first-order valence-electron chi connectivity index (χ1n) is 6.68. The van der Waals surface area contributed by atoms with Gasteiger partial charge in [0.1, 0.15) is 0 Å². The van der Waals surface area contributed by atoms with Crippen LogP contribution in [0.15, 0.2) is 0 Å². The van der Waals surface area contributed by atoms with Gasteiger partial charge in [-0.25, -0.2) is 0 Å². The molecule has 0 bridgehead atoms. The van der Waals surface area contributed by atoms with E-state index >= 15 is 0 Å². The lowest BCUT2D eigenvalue weighted by atomic mass is 9.81. The molecule has 90 valence electrons. The molecule has 2 unspecified atom stereocenters. The Balaban J connectivity index is 2.04. The Morgan fingerprint density at radius 1 is 1.20 bits per heavy atom. The summed E-state index contributed by atoms with van der Waals surface area (Å²) in [5, 5.41) is 3.59. The van der Waals surface area contributed by atoms with Gasteiger partial charge in [-0.2, -0.15) is 0 Å². The van der Waals surface area contributed by atoms with Crippen LogP contribution in [0.2, 0.25) is 0 Å². The van der Waals surface area contributed by atoms with Crippen molar-refractivity contribution < 1.29 is 0 Å². The molecule has 1 aliphatic rings. The molecule has 1 aliphatic carbocycles. The molecule has 2 atom stereocenters. The second-order valence-corrected chi connectivity index (χ2v) is 6.66. The van der Waals surface area contributed by atoms with Gasteiger partial charge in [-0.15, -0.1) is 0 Å². The predicted octanol–water partition coefficient (Wildman–Crippen LogP) is 3.84. The molecule has 0 spiro atoms. The zero-order valence-corrected chi connectivity index (χ0v) is 11.1. The summed E-state index contributed by atoms with van der Waals surface area (Å²) in [6, 6.07) is 0. The maximum atomic E-state index is 3.59. The van der Waals surface area contributed by atoms with Crippen molar-refractivity contribution in [2.75, 3.05) is 13.1 Å². The summed E-state index contributed by atoms with van der Waals surface area (Å²) in [6.45, 7) is 11.7. The predicted molar refractivity (Wildman–Crippen MR) is 68.1 cm³/mol. The average Bonchev–Trinajstić information content (AvgIpc) is 2.11. The SMILES string of the molecule is CC1CCCC(CCNCC(C)(C)C)C1. The van der Waals surface area contributed by atoms with Gasteiger partial charge in [0.2, 0.25) is 0 Å². The Hall–Kier alpha value is -0.0400. The first kappa shape index (κ1) is 13.0. The van der Waals surface area contributed by atoms with Gasteiger partial charge in [0.05, 0.1) is 0 Å². The Morgan fingerprint density at radius 2 is 1.93 bits per heavy atom. The first-order valence-corrected chi connectivity index (χ1v) is 6.68. The van der Waals surface area contributed by atoms with Crippen molar-refractivity contribution in [2.24, 2.45) is 17.3 Å². The lowest BCUT2D eigenvalue weighted by Crippen LogP contribution is -2.29. The van der Waals surface area contributed by atoms with Gasteiger partial charge < -0.3 is 5.32 Å². The van der Waals surface area contributed by atoms with E-state index in [0.29, 0.717) is 5.41 Å². The molecule has 0 saturated heterocycles. The van der Waals surface area contributed by atoms with Crippen LogP contribution in [-0.2, 0) is 0 Å². The highest BCUT2D eigenvalue weighted by molar-refractivity contribution is 4.72. The van der Waals surface area contributed by atoms with Crippen molar-refractivity contribution in [1.29, 1.82) is 0 Å². The topological polar surface area (TPSA) is 12.0 Å². The van der Waals surface area contributed by atoms with E-state index in [9.17, 15) is 0 Å². The van der Waals surface area contributed by atoms with Crippen molar-refractivity contribution in [1.82, 2.24) is 5.32 Å². The molecule has 0 aromatic carbocycles. The van der Waals surface area contributed by atoms with E-state index in [1.54, 1.807) is 0 Å². The van der Waals surface area contributed by atoms with E-state index < -0.39 is 0 Å². The normalized spacial score (nSPS) is 28.0. The van der Waals surface area contributed by atoms with Crippen molar-refractivity contribution in [2.45, 2.75) is 59.8 Å². The minimum Gasteiger partial charge on any atom is -0.316 e. The Kier molecular flexibility index (Phi) is 5.11. The average molecular weight is 211 g/mol. The Bertz CT molecular complexity index is 169. The smallest absolute Gasteiger partial charge is 0.0000124 e. The fraction of sp³-hybridized carbons (Fsp3) is 1.00. The maximum absolute atomic E-state index is 3.59. The molecule has 0 aliphatic heterocycles. The molecular weight excluding hydrogens is 182 g/mol. The third-order valence-electron chi connectivity index (χ3n) is 3.43. The lowest BCUT2D eigenvalue weighted by Gasteiger charge is -2.27. The highest BCUT2D eigenvalue weighted by atomic mass is 14.9. The number of hydrogen-bond acceptors (Lipinski definition) is 1. The summed E-state index contributed by atoms with van der Waals surface area (Å²) in [4.78, 5) is 0. The van der Waals surface area contributed by atoms with Gasteiger partial charge in [-0.05, 0) is 43.2 Å². The Morgan fingerprint density at radius 3 is 2.53 bits per heavy atom. The van der Waals surface area contributed by atoms with E-state index in [1.807, 2.05) is 0 Å². The van der Waals surface area contributed by atoms with Crippen LogP contribution >= 0.6 is 0 Å². The van der Waals surface area contributed by atoms with Gasteiger partial charge in [-0.1, -0.05) is 47.0 Å². The molecule has 0 heterocycles. The van der Waals surface area contributed by atoms with Crippen LogP contribution < -0.4 is 5.32 Å². The standard InChI is InChI=1S/C14H29N/c1-12-6-5-7-13(10-12)8-9-15-11-14(2,3)4/h12-13,15H,5-11H2,1-4H3. The van der Waals surface area contributed by atoms with Crippen molar-refractivity contribution in [3.8, 4) is 0 Å². The van der Waals surface area contributed by atoms with Crippen LogP contribution in [0.4, 0.5) is 0 Å². The molecule has 1 fully saturated rings. The summed E-state index contributed by atoms with van der Waals surface area (Å²) in [6.07, 6.45) is 7.26. The van der Waals surface area contributed by atoms with Crippen LogP contribution in [0, 0.1) is 17.3 Å². The van der Waals surface area contributed by atoms with Gasteiger partial charge in [0.15, 0.2) is 0 Å². The van der Waals surface area contributed by atoms with Gasteiger partial charge in [0.25, 0.3) is 0 Å². The van der Waals surface area contributed by atoms with E-state index in [2.05, 4.69) is 33.0 Å². The molecule has 1 N–H and O–H groups in total. The molecule has 1 saturated carbocycles. The zero-order chi connectivity index (χ0) is 11.3. The summed E-state index contributed by atoms with van der Waals surface area (Å²) in [7, 11) is 0. The monoisotopic (exact) mass is 211 g/mol. The van der Waals surface area contributed by atoms with E-state index in [-0.39, 0.29) is 0 Å². The van der Waals surface area contributed by atoms with Crippen LogP contribution in [0.3, 0.4) is 0 Å². The van der Waals surface area contributed by atoms with Crippen molar-refractivity contribution >= 4 is 0 Å². The molecule has 0 radical (unpaired) electrons. The molecule has 0 aromatic heterocycles. The van der Waals surface area contributed by atoms with E-state index in [1.165, 1.54) is 38.6 Å². The molecular formula is C14H29N. The number of hydrogen-bond donors (Lipinski definition) is 1. The lowest BCUT2D eigenvalue weighted by molar-refractivity contribution is 0.263. The summed E-state index contributed by atoms with van der Waals surface area (Å²) < 4.78 is 0. The van der Waals surface area contributed by atoms with Crippen LogP contribution in [-0.4, -0.2) is 13.1 Å². The van der Waals surface area contributed by atoms with Crippen LogP contribution in [0.25, 0.3) is 0 Å². The maximum Gasteiger partial charge on any atom is -0.0000124 e. The molecule has 1 nitrogen and oxygen atoms in total. The van der Waals surface area contributed by atoms with Crippen molar-refractivity contribution in [3.05, 3.63) is 0 Å². The molecule has 15 heavy (non-hydrogen) atoms. The van der Waals surface area contributed by atoms with Gasteiger partial charge in [0, 0.05) is 0 Å². The molecule has 1 rings (SSSR count). The fourth-order valence-electron chi connectivity index (χ4n) is 2.59. The highest BCUT2D eigenvalue weighted by Gasteiger charge is 2.18. The summed E-state index contributed by atoms with van der Waals surface area (Å²) in [5.41, 5.74) is 0.430.